The largest absolute Gasteiger partial charge is 0.492 e. The van der Waals surface area contributed by atoms with Crippen LogP contribution < -0.4 is 15.0 Å². The van der Waals surface area contributed by atoms with Gasteiger partial charge in [-0.2, -0.15) is 0 Å². The van der Waals surface area contributed by atoms with Crippen LogP contribution in [0.3, 0.4) is 0 Å². The van der Waals surface area contributed by atoms with Gasteiger partial charge in [0.25, 0.3) is 5.91 Å². The summed E-state index contributed by atoms with van der Waals surface area (Å²) in [6.45, 7) is 7.32. The summed E-state index contributed by atoms with van der Waals surface area (Å²) < 4.78 is 5.68. The summed E-state index contributed by atoms with van der Waals surface area (Å²) in [6.07, 6.45) is 4.07. The summed E-state index contributed by atoms with van der Waals surface area (Å²) in [6, 6.07) is 11.9. The highest BCUT2D eigenvalue weighted by molar-refractivity contribution is 5.94. The molecule has 1 aliphatic heterocycles. The average Bonchev–Trinajstić information content (AvgIpc) is 3.20. The molecular weight excluding hydrogens is 326 g/mol. The van der Waals surface area contributed by atoms with Gasteiger partial charge in [0.15, 0.2) is 0 Å². The molecule has 2 aromatic rings. The molecule has 1 amide bonds. The van der Waals surface area contributed by atoms with E-state index < -0.39 is 0 Å². The molecule has 2 heterocycles. The first-order valence-corrected chi connectivity index (χ1v) is 9.35. The third-order valence-corrected chi connectivity index (χ3v) is 4.64. The van der Waals surface area contributed by atoms with Crippen LogP contribution >= 0.6 is 0 Å². The first kappa shape index (κ1) is 18.2. The molecule has 26 heavy (non-hydrogen) atoms. The van der Waals surface area contributed by atoms with Crippen molar-refractivity contribution in [2.24, 2.45) is 0 Å². The minimum Gasteiger partial charge on any atom is -0.492 e. The maximum Gasteiger partial charge on any atom is 0.252 e. The van der Waals surface area contributed by atoms with Crippen LogP contribution in [-0.2, 0) is 0 Å². The van der Waals surface area contributed by atoms with Gasteiger partial charge >= 0.3 is 0 Å². The number of hydrogen-bond donors (Lipinski definition) is 1. The van der Waals surface area contributed by atoms with Gasteiger partial charge in [-0.1, -0.05) is 26.0 Å². The Morgan fingerprint density at radius 3 is 2.50 bits per heavy atom. The molecule has 1 saturated heterocycles. The quantitative estimate of drug-likeness (QED) is 0.773. The number of nitrogens with one attached hydrogen (secondary N) is 1. The maximum absolute atomic E-state index is 12.2. The second-order valence-corrected chi connectivity index (χ2v) is 6.93. The van der Waals surface area contributed by atoms with Gasteiger partial charge < -0.3 is 15.0 Å². The van der Waals surface area contributed by atoms with E-state index in [1.54, 1.807) is 6.20 Å². The first-order chi connectivity index (χ1) is 12.6. The molecule has 1 aromatic carbocycles. The number of hydrogen-bond acceptors (Lipinski definition) is 4. The van der Waals surface area contributed by atoms with Crippen LogP contribution in [0.1, 0.15) is 48.5 Å². The summed E-state index contributed by atoms with van der Waals surface area (Å²) in [5.74, 6) is 2.16. The molecule has 0 saturated carbocycles. The molecule has 0 radical (unpaired) electrons. The SMILES string of the molecule is CC(C)c1ccc(OCCNC(=O)c2ccc(N3CCCC3)nc2)cc1. The average molecular weight is 353 g/mol. The Kier molecular flexibility index (Phi) is 6.10. The highest BCUT2D eigenvalue weighted by Crippen LogP contribution is 2.19. The molecule has 1 aromatic heterocycles. The number of amides is 1. The summed E-state index contributed by atoms with van der Waals surface area (Å²) in [4.78, 5) is 18.9. The number of ether oxygens (including phenoxy) is 1. The van der Waals surface area contributed by atoms with Crippen molar-refractivity contribution < 1.29 is 9.53 Å². The van der Waals surface area contributed by atoms with Crippen molar-refractivity contribution in [2.45, 2.75) is 32.6 Å². The smallest absolute Gasteiger partial charge is 0.252 e. The zero-order chi connectivity index (χ0) is 18.4. The fourth-order valence-corrected chi connectivity index (χ4v) is 3.04. The molecular formula is C21H27N3O2. The molecule has 0 bridgehead atoms. The Morgan fingerprint density at radius 2 is 1.88 bits per heavy atom. The van der Waals surface area contributed by atoms with Gasteiger partial charge in [0, 0.05) is 19.3 Å². The second-order valence-electron chi connectivity index (χ2n) is 6.93. The van der Waals surface area contributed by atoms with Crippen LogP contribution in [0.4, 0.5) is 5.82 Å². The van der Waals surface area contributed by atoms with Crippen LogP contribution in [0.25, 0.3) is 0 Å². The van der Waals surface area contributed by atoms with E-state index in [1.165, 1.54) is 18.4 Å². The Bertz CT molecular complexity index is 705. The van der Waals surface area contributed by atoms with Gasteiger partial charge in [0.2, 0.25) is 0 Å². The van der Waals surface area contributed by atoms with Gasteiger partial charge in [0.1, 0.15) is 18.2 Å². The van der Waals surface area contributed by atoms with Crippen molar-refractivity contribution in [1.29, 1.82) is 0 Å². The van der Waals surface area contributed by atoms with E-state index in [-0.39, 0.29) is 5.91 Å². The standard InChI is InChI=1S/C21H27N3O2/c1-16(2)17-5-8-19(9-6-17)26-14-11-22-21(25)18-7-10-20(23-15-18)24-12-3-4-13-24/h5-10,15-16H,3-4,11-14H2,1-2H3,(H,22,25). The number of aromatic nitrogens is 1. The molecule has 5 heteroatoms. The molecule has 5 nitrogen and oxygen atoms in total. The van der Waals surface area contributed by atoms with Gasteiger partial charge in [-0.15, -0.1) is 0 Å². The fourth-order valence-electron chi connectivity index (χ4n) is 3.04. The minimum absolute atomic E-state index is 0.121. The zero-order valence-corrected chi connectivity index (χ0v) is 15.6. The van der Waals surface area contributed by atoms with E-state index >= 15 is 0 Å². The Morgan fingerprint density at radius 1 is 1.15 bits per heavy atom. The molecule has 138 valence electrons. The molecule has 1 N–H and O–H groups in total. The van der Waals surface area contributed by atoms with Gasteiger partial charge in [-0.25, -0.2) is 4.98 Å². The summed E-state index contributed by atoms with van der Waals surface area (Å²) in [5.41, 5.74) is 1.87. The number of nitrogens with zero attached hydrogens (tertiary/aromatic N) is 2. The topological polar surface area (TPSA) is 54.5 Å². The molecule has 0 spiro atoms. The normalized spacial score (nSPS) is 13.9. The van der Waals surface area contributed by atoms with Crippen LogP contribution in [0.2, 0.25) is 0 Å². The lowest BCUT2D eigenvalue weighted by atomic mass is 10.0. The molecule has 3 rings (SSSR count). The first-order valence-electron chi connectivity index (χ1n) is 9.35. The lowest BCUT2D eigenvalue weighted by Gasteiger charge is -2.16. The van der Waals surface area contributed by atoms with Crippen molar-refractivity contribution >= 4 is 11.7 Å². The predicted molar refractivity (Wildman–Crippen MR) is 104 cm³/mol. The maximum atomic E-state index is 12.2. The summed E-state index contributed by atoms with van der Waals surface area (Å²) in [5, 5.41) is 2.87. The lowest BCUT2D eigenvalue weighted by molar-refractivity contribution is 0.0946. The molecule has 1 fully saturated rings. The van der Waals surface area contributed by atoms with E-state index in [4.69, 9.17) is 4.74 Å². The van der Waals surface area contributed by atoms with Crippen LogP contribution in [0.15, 0.2) is 42.6 Å². The highest BCUT2D eigenvalue weighted by atomic mass is 16.5. The van der Waals surface area contributed by atoms with Crippen molar-refractivity contribution in [2.75, 3.05) is 31.1 Å². The molecule has 0 atom stereocenters. The van der Waals surface area contributed by atoms with Gasteiger partial charge in [0.05, 0.1) is 12.1 Å². The highest BCUT2D eigenvalue weighted by Gasteiger charge is 2.14. The lowest BCUT2D eigenvalue weighted by Crippen LogP contribution is -2.28. The van der Waals surface area contributed by atoms with E-state index in [0.717, 1.165) is 24.7 Å². The van der Waals surface area contributed by atoms with Crippen molar-refractivity contribution in [3.63, 3.8) is 0 Å². The van der Waals surface area contributed by atoms with E-state index in [2.05, 4.69) is 41.2 Å². The minimum atomic E-state index is -0.121. The van der Waals surface area contributed by atoms with Crippen molar-refractivity contribution in [3.05, 3.63) is 53.7 Å². The third kappa shape index (κ3) is 4.75. The van der Waals surface area contributed by atoms with Crippen molar-refractivity contribution in [3.8, 4) is 5.75 Å². The van der Waals surface area contributed by atoms with Crippen LogP contribution in [0, 0.1) is 0 Å². The monoisotopic (exact) mass is 353 g/mol. The number of benzene rings is 1. The van der Waals surface area contributed by atoms with E-state index in [0.29, 0.717) is 24.6 Å². The second kappa shape index (κ2) is 8.70. The molecule has 0 unspecified atom stereocenters. The Balaban J connectivity index is 1.42. The molecule has 1 aliphatic rings. The van der Waals surface area contributed by atoms with Crippen LogP contribution in [-0.4, -0.2) is 37.1 Å². The summed E-state index contributed by atoms with van der Waals surface area (Å²) >= 11 is 0. The fraction of sp³-hybridized carbons (Fsp3) is 0.429. The number of carbonyl (C=O) groups is 1. The summed E-state index contributed by atoms with van der Waals surface area (Å²) in [7, 11) is 0. The molecule has 0 aliphatic carbocycles. The predicted octanol–water partition coefficient (Wildman–Crippen LogP) is 3.61. The van der Waals surface area contributed by atoms with E-state index in [1.807, 2.05) is 24.3 Å². The number of pyridine rings is 1. The van der Waals surface area contributed by atoms with Crippen LogP contribution in [0.5, 0.6) is 5.75 Å². The number of anilines is 1. The van der Waals surface area contributed by atoms with Crippen molar-refractivity contribution in [1.82, 2.24) is 10.3 Å². The Hall–Kier alpha value is -2.56. The Labute approximate surface area is 155 Å². The van der Waals surface area contributed by atoms with Gasteiger partial charge in [-0.05, 0) is 48.6 Å². The third-order valence-electron chi connectivity index (χ3n) is 4.64. The number of carbonyl (C=O) groups excluding carboxylic acids is 1. The van der Waals surface area contributed by atoms with Gasteiger partial charge in [-0.3, -0.25) is 4.79 Å². The number of rotatable bonds is 7. The zero-order valence-electron chi connectivity index (χ0n) is 15.6. The van der Waals surface area contributed by atoms with E-state index in [9.17, 15) is 4.79 Å².